The molecule has 0 amide bonds. The van der Waals surface area contributed by atoms with E-state index < -0.39 is 15.3 Å². The van der Waals surface area contributed by atoms with Crippen LogP contribution in [0.3, 0.4) is 0 Å². The normalized spacial score (nSPS) is 22.1. The summed E-state index contributed by atoms with van der Waals surface area (Å²) in [7, 11) is -3.02. The van der Waals surface area contributed by atoms with Crippen LogP contribution in [-0.2, 0) is 16.3 Å². The molecule has 0 spiro atoms. The van der Waals surface area contributed by atoms with E-state index in [9.17, 15) is 18.6 Å². The molecule has 0 aromatic heterocycles. The fourth-order valence-corrected chi connectivity index (χ4v) is 5.15. The summed E-state index contributed by atoms with van der Waals surface area (Å²) < 4.78 is 24.4. The standard InChI is InChI=1S/C14H19IO4S/c15-13-3-1-11(2-4-13)7-14(9-16,10-17)12-5-6-20(18,19)8-12/h1-4,12,16-17H,5-10H2. The molecule has 1 aromatic carbocycles. The number of aliphatic hydroxyl groups is 2. The highest BCUT2D eigenvalue weighted by molar-refractivity contribution is 14.1. The minimum atomic E-state index is -3.02. The molecular weight excluding hydrogens is 391 g/mol. The Hall–Kier alpha value is -0.180. The van der Waals surface area contributed by atoms with E-state index in [4.69, 9.17) is 0 Å². The van der Waals surface area contributed by atoms with E-state index in [1.165, 1.54) is 0 Å². The maximum atomic E-state index is 11.7. The Balaban J connectivity index is 2.23. The smallest absolute Gasteiger partial charge is 0.150 e. The van der Waals surface area contributed by atoms with Gasteiger partial charge in [0.2, 0.25) is 0 Å². The summed E-state index contributed by atoms with van der Waals surface area (Å²) >= 11 is 2.22. The van der Waals surface area contributed by atoms with Crippen LogP contribution >= 0.6 is 22.6 Å². The molecular formula is C14H19IO4S. The Morgan fingerprint density at radius 3 is 2.25 bits per heavy atom. The number of rotatable bonds is 5. The van der Waals surface area contributed by atoms with E-state index in [0.29, 0.717) is 12.8 Å². The van der Waals surface area contributed by atoms with E-state index in [2.05, 4.69) is 22.6 Å². The molecule has 112 valence electrons. The van der Waals surface area contributed by atoms with E-state index in [1.54, 1.807) is 0 Å². The van der Waals surface area contributed by atoms with Gasteiger partial charge in [-0.3, -0.25) is 0 Å². The maximum Gasteiger partial charge on any atom is 0.150 e. The summed E-state index contributed by atoms with van der Waals surface area (Å²) in [6.45, 7) is -0.397. The lowest BCUT2D eigenvalue weighted by Crippen LogP contribution is -2.41. The first-order valence-corrected chi connectivity index (χ1v) is 9.47. The highest BCUT2D eigenvalue weighted by Gasteiger charge is 2.44. The predicted molar refractivity (Wildman–Crippen MR) is 86.2 cm³/mol. The Morgan fingerprint density at radius 2 is 1.80 bits per heavy atom. The van der Waals surface area contributed by atoms with Gasteiger partial charge in [-0.05, 0) is 59.0 Å². The third kappa shape index (κ3) is 3.52. The van der Waals surface area contributed by atoms with Gasteiger partial charge in [0, 0.05) is 8.99 Å². The summed E-state index contributed by atoms with van der Waals surface area (Å²) in [6.07, 6.45) is 1.02. The fraction of sp³-hybridized carbons (Fsp3) is 0.571. The molecule has 20 heavy (non-hydrogen) atoms. The lowest BCUT2D eigenvalue weighted by Gasteiger charge is -2.35. The van der Waals surface area contributed by atoms with Crippen molar-refractivity contribution >= 4 is 32.4 Å². The van der Waals surface area contributed by atoms with E-state index in [1.807, 2.05) is 24.3 Å². The summed E-state index contributed by atoms with van der Waals surface area (Å²) in [5, 5.41) is 19.5. The first kappa shape index (κ1) is 16.2. The van der Waals surface area contributed by atoms with Crippen LogP contribution < -0.4 is 0 Å². The maximum absolute atomic E-state index is 11.7. The average molecular weight is 410 g/mol. The van der Waals surface area contributed by atoms with Crippen molar-refractivity contribution in [2.75, 3.05) is 24.7 Å². The molecule has 1 fully saturated rings. The van der Waals surface area contributed by atoms with Crippen molar-refractivity contribution in [1.29, 1.82) is 0 Å². The van der Waals surface area contributed by atoms with Crippen LogP contribution in [0.15, 0.2) is 24.3 Å². The molecule has 0 radical (unpaired) electrons. The second-order valence-electron chi connectivity index (χ2n) is 5.58. The highest BCUT2D eigenvalue weighted by Crippen LogP contribution is 2.38. The van der Waals surface area contributed by atoms with Crippen molar-refractivity contribution in [1.82, 2.24) is 0 Å². The predicted octanol–water partition coefficient (Wildman–Crippen LogP) is 1.24. The Labute approximate surface area is 133 Å². The van der Waals surface area contributed by atoms with Gasteiger partial charge in [0.05, 0.1) is 24.7 Å². The first-order valence-electron chi connectivity index (χ1n) is 6.57. The highest BCUT2D eigenvalue weighted by atomic mass is 127. The van der Waals surface area contributed by atoms with Gasteiger partial charge in [-0.15, -0.1) is 0 Å². The molecule has 4 nitrogen and oxygen atoms in total. The SMILES string of the molecule is O=S1(=O)CCC(C(CO)(CO)Cc2ccc(I)cc2)C1. The molecule has 0 bridgehead atoms. The Morgan fingerprint density at radius 1 is 1.20 bits per heavy atom. The van der Waals surface area contributed by atoms with Crippen LogP contribution in [0.2, 0.25) is 0 Å². The van der Waals surface area contributed by atoms with Gasteiger partial charge in [-0.2, -0.15) is 0 Å². The number of halogens is 1. The van der Waals surface area contributed by atoms with E-state index in [-0.39, 0.29) is 30.6 Å². The molecule has 1 unspecified atom stereocenters. The topological polar surface area (TPSA) is 74.6 Å². The number of hydrogen-bond donors (Lipinski definition) is 2. The van der Waals surface area contributed by atoms with Crippen molar-refractivity contribution in [3.05, 3.63) is 33.4 Å². The monoisotopic (exact) mass is 410 g/mol. The van der Waals surface area contributed by atoms with Gasteiger partial charge in [-0.25, -0.2) is 8.42 Å². The van der Waals surface area contributed by atoms with Crippen LogP contribution in [0.1, 0.15) is 12.0 Å². The van der Waals surface area contributed by atoms with Crippen LogP contribution in [0.4, 0.5) is 0 Å². The van der Waals surface area contributed by atoms with Crippen LogP contribution in [0.25, 0.3) is 0 Å². The third-order valence-corrected chi connectivity index (χ3v) is 6.68. The Bertz CT molecular complexity index is 549. The quantitative estimate of drug-likeness (QED) is 0.717. The lowest BCUT2D eigenvalue weighted by atomic mass is 9.72. The molecule has 2 rings (SSSR count). The molecule has 1 saturated heterocycles. The summed E-state index contributed by atoms with van der Waals surface area (Å²) in [5.74, 6) is 0.0479. The van der Waals surface area contributed by atoms with Crippen molar-refractivity contribution in [2.45, 2.75) is 12.8 Å². The molecule has 1 aliphatic heterocycles. The van der Waals surface area contributed by atoms with Gasteiger partial charge in [-0.1, -0.05) is 12.1 Å². The first-order chi connectivity index (χ1) is 9.41. The van der Waals surface area contributed by atoms with Crippen molar-refractivity contribution in [3.63, 3.8) is 0 Å². The molecule has 6 heteroatoms. The van der Waals surface area contributed by atoms with E-state index in [0.717, 1.165) is 9.13 Å². The molecule has 1 heterocycles. The molecule has 1 atom stereocenters. The number of aliphatic hydroxyl groups excluding tert-OH is 2. The second-order valence-corrected chi connectivity index (χ2v) is 9.06. The Kier molecular flexibility index (Phi) is 5.09. The zero-order valence-electron chi connectivity index (χ0n) is 11.1. The zero-order chi connectivity index (χ0) is 14.8. The summed E-state index contributed by atoms with van der Waals surface area (Å²) in [5.41, 5.74) is 0.258. The molecule has 2 N–H and O–H groups in total. The van der Waals surface area contributed by atoms with Crippen molar-refractivity contribution in [3.8, 4) is 0 Å². The van der Waals surface area contributed by atoms with Crippen molar-refractivity contribution < 1.29 is 18.6 Å². The molecule has 0 saturated carbocycles. The minimum absolute atomic E-state index is 0.0679. The van der Waals surface area contributed by atoms with Gasteiger partial charge in [0.25, 0.3) is 0 Å². The third-order valence-electron chi connectivity index (χ3n) is 4.20. The molecule has 1 aromatic rings. The van der Waals surface area contributed by atoms with Crippen LogP contribution in [0, 0.1) is 14.9 Å². The van der Waals surface area contributed by atoms with Crippen LogP contribution in [-0.4, -0.2) is 43.4 Å². The number of sulfone groups is 1. The fourth-order valence-electron chi connectivity index (χ4n) is 2.85. The van der Waals surface area contributed by atoms with Gasteiger partial charge in [0.15, 0.2) is 9.84 Å². The van der Waals surface area contributed by atoms with Gasteiger partial charge in [0.1, 0.15) is 0 Å². The average Bonchev–Trinajstić information content (AvgIpc) is 2.79. The van der Waals surface area contributed by atoms with E-state index >= 15 is 0 Å². The summed E-state index contributed by atoms with van der Waals surface area (Å²) in [4.78, 5) is 0. The minimum Gasteiger partial charge on any atom is -0.396 e. The number of benzene rings is 1. The zero-order valence-corrected chi connectivity index (χ0v) is 14.1. The largest absolute Gasteiger partial charge is 0.396 e. The van der Waals surface area contributed by atoms with Gasteiger partial charge >= 0.3 is 0 Å². The molecule has 0 aliphatic carbocycles. The van der Waals surface area contributed by atoms with Gasteiger partial charge < -0.3 is 10.2 Å². The number of hydrogen-bond acceptors (Lipinski definition) is 4. The second kappa shape index (κ2) is 6.29. The molecule has 1 aliphatic rings. The van der Waals surface area contributed by atoms with Crippen molar-refractivity contribution in [2.24, 2.45) is 11.3 Å². The summed E-state index contributed by atoms with van der Waals surface area (Å²) in [6, 6.07) is 7.87. The van der Waals surface area contributed by atoms with Crippen LogP contribution in [0.5, 0.6) is 0 Å². The lowest BCUT2D eigenvalue weighted by molar-refractivity contribution is 0.0124.